The van der Waals surface area contributed by atoms with Crippen molar-refractivity contribution in [3.8, 4) is 0 Å². The molecule has 0 saturated carbocycles. The van der Waals surface area contributed by atoms with Crippen molar-refractivity contribution in [2.24, 2.45) is 0 Å². The van der Waals surface area contributed by atoms with Crippen LogP contribution in [0.5, 0.6) is 0 Å². The molecule has 114 valence electrons. The molecule has 0 aliphatic carbocycles. The molecule has 0 fully saturated rings. The normalized spacial score (nSPS) is 17.6. The number of sulfonamides is 1. The van der Waals surface area contributed by atoms with Gasteiger partial charge in [-0.25, -0.2) is 17.5 Å². The summed E-state index contributed by atoms with van der Waals surface area (Å²) in [5.74, 6) is -1.91. The standard InChI is InChI=1S/C13H15NO6S/c1-3-20-7-8(2)14-12(15)10-5-4-9(13(16)17)6-11(10)21(14,18)19/h4-6,8H,3,7H2,1-2H3,(H,16,17). The Kier molecular flexibility index (Phi) is 4.02. The molecule has 1 aliphatic rings. The van der Waals surface area contributed by atoms with Crippen LogP contribution in [0.4, 0.5) is 0 Å². The van der Waals surface area contributed by atoms with Crippen LogP contribution in [0, 0.1) is 0 Å². The Labute approximate surface area is 122 Å². The SMILES string of the molecule is CCOCC(C)N1C(=O)c2ccc(C(=O)O)cc2S1(=O)=O. The predicted molar refractivity (Wildman–Crippen MR) is 72.7 cm³/mol. The van der Waals surface area contributed by atoms with Gasteiger partial charge in [-0.05, 0) is 32.0 Å². The average molecular weight is 313 g/mol. The molecule has 7 nitrogen and oxygen atoms in total. The molecular formula is C13H15NO6S. The van der Waals surface area contributed by atoms with Crippen LogP contribution in [0.1, 0.15) is 34.6 Å². The van der Waals surface area contributed by atoms with E-state index >= 15 is 0 Å². The lowest BCUT2D eigenvalue weighted by molar-refractivity contribution is 0.0690. The number of amides is 1. The summed E-state index contributed by atoms with van der Waals surface area (Å²) < 4.78 is 30.8. The van der Waals surface area contributed by atoms with E-state index in [1.54, 1.807) is 13.8 Å². The Balaban J connectivity index is 2.47. The van der Waals surface area contributed by atoms with E-state index in [0.29, 0.717) is 6.61 Å². The Morgan fingerprint density at radius 3 is 2.67 bits per heavy atom. The van der Waals surface area contributed by atoms with E-state index in [2.05, 4.69) is 0 Å². The van der Waals surface area contributed by atoms with Gasteiger partial charge >= 0.3 is 5.97 Å². The van der Waals surface area contributed by atoms with Crippen molar-refractivity contribution in [2.75, 3.05) is 13.2 Å². The maximum atomic E-state index is 12.4. The van der Waals surface area contributed by atoms with Crippen LogP contribution in [0.25, 0.3) is 0 Å². The van der Waals surface area contributed by atoms with Gasteiger partial charge in [-0.15, -0.1) is 0 Å². The van der Waals surface area contributed by atoms with Crippen molar-refractivity contribution in [1.29, 1.82) is 0 Å². The van der Waals surface area contributed by atoms with Crippen molar-refractivity contribution in [3.63, 3.8) is 0 Å². The topological polar surface area (TPSA) is 101 Å². The third-order valence-corrected chi connectivity index (χ3v) is 5.10. The monoisotopic (exact) mass is 313 g/mol. The van der Waals surface area contributed by atoms with Crippen molar-refractivity contribution >= 4 is 21.9 Å². The average Bonchev–Trinajstić information content (AvgIpc) is 2.63. The number of carboxylic acid groups (broad SMARTS) is 1. The molecule has 1 atom stereocenters. The summed E-state index contributed by atoms with van der Waals surface area (Å²) in [7, 11) is -4.04. The molecule has 0 aromatic heterocycles. The summed E-state index contributed by atoms with van der Waals surface area (Å²) in [5.41, 5.74) is -0.187. The highest BCUT2D eigenvalue weighted by atomic mass is 32.2. The number of rotatable bonds is 5. The molecule has 1 aromatic carbocycles. The van der Waals surface area contributed by atoms with E-state index in [-0.39, 0.29) is 22.6 Å². The number of hydrogen-bond donors (Lipinski definition) is 1. The number of ether oxygens (including phenoxy) is 1. The van der Waals surface area contributed by atoms with Crippen LogP contribution in [0.3, 0.4) is 0 Å². The maximum absolute atomic E-state index is 12.4. The van der Waals surface area contributed by atoms with Crippen molar-refractivity contribution in [1.82, 2.24) is 4.31 Å². The van der Waals surface area contributed by atoms with Crippen LogP contribution < -0.4 is 0 Å². The molecule has 1 aliphatic heterocycles. The van der Waals surface area contributed by atoms with E-state index in [1.807, 2.05) is 0 Å². The summed E-state index contributed by atoms with van der Waals surface area (Å²) in [5, 5.41) is 8.93. The van der Waals surface area contributed by atoms with E-state index in [9.17, 15) is 18.0 Å². The molecule has 0 radical (unpaired) electrons. The molecule has 0 spiro atoms. The number of carboxylic acids is 1. The fourth-order valence-electron chi connectivity index (χ4n) is 2.17. The minimum atomic E-state index is -4.04. The highest BCUT2D eigenvalue weighted by Gasteiger charge is 2.44. The number of hydrogen-bond acceptors (Lipinski definition) is 5. The van der Waals surface area contributed by atoms with Gasteiger partial charge in [0.2, 0.25) is 0 Å². The second-order valence-electron chi connectivity index (χ2n) is 4.63. The number of nitrogens with zero attached hydrogens (tertiary/aromatic N) is 1. The Morgan fingerprint density at radius 1 is 1.43 bits per heavy atom. The smallest absolute Gasteiger partial charge is 0.335 e. The van der Waals surface area contributed by atoms with E-state index in [4.69, 9.17) is 9.84 Å². The molecule has 1 aromatic rings. The van der Waals surface area contributed by atoms with E-state index < -0.39 is 27.9 Å². The van der Waals surface area contributed by atoms with E-state index in [0.717, 1.165) is 10.4 Å². The Bertz CT molecular complexity index is 697. The van der Waals surface area contributed by atoms with Crippen LogP contribution in [-0.4, -0.2) is 49.0 Å². The summed E-state index contributed by atoms with van der Waals surface area (Å²) in [6.45, 7) is 3.82. The largest absolute Gasteiger partial charge is 0.478 e. The first-order chi connectivity index (χ1) is 9.80. The minimum absolute atomic E-state index is 0.0108. The van der Waals surface area contributed by atoms with Gasteiger partial charge in [0.15, 0.2) is 0 Å². The van der Waals surface area contributed by atoms with Crippen LogP contribution in [0.2, 0.25) is 0 Å². The molecule has 1 unspecified atom stereocenters. The zero-order chi connectivity index (χ0) is 15.8. The summed E-state index contributed by atoms with van der Waals surface area (Å²) in [6.07, 6.45) is 0. The lowest BCUT2D eigenvalue weighted by Crippen LogP contribution is -2.40. The number of fused-ring (bicyclic) bond motifs is 1. The Hall–Kier alpha value is -1.93. The second kappa shape index (κ2) is 5.45. The van der Waals surface area contributed by atoms with Crippen LogP contribution in [-0.2, 0) is 14.8 Å². The van der Waals surface area contributed by atoms with Crippen molar-refractivity contribution in [3.05, 3.63) is 29.3 Å². The summed E-state index contributed by atoms with van der Waals surface area (Å²) >= 11 is 0. The molecule has 0 saturated heterocycles. The molecule has 2 rings (SSSR count). The third-order valence-electron chi connectivity index (χ3n) is 3.16. The number of benzene rings is 1. The second-order valence-corrected chi connectivity index (χ2v) is 6.41. The van der Waals surface area contributed by atoms with Crippen LogP contribution in [0.15, 0.2) is 23.1 Å². The van der Waals surface area contributed by atoms with Gasteiger partial charge in [-0.3, -0.25) is 4.79 Å². The highest BCUT2D eigenvalue weighted by Crippen LogP contribution is 2.32. The molecule has 0 bridgehead atoms. The predicted octanol–water partition coefficient (Wildman–Crippen LogP) is 0.954. The molecule has 1 amide bonds. The van der Waals surface area contributed by atoms with Gasteiger partial charge in [0.1, 0.15) is 4.90 Å². The lowest BCUT2D eigenvalue weighted by Gasteiger charge is -2.22. The number of carbonyl (C=O) groups is 2. The highest BCUT2D eigenvalue weighted by molar-refractivity contribution is 7.90. The molecule has 21 heavy (non-hydrogen) atoms. The molecule has 1 N–H and O–H groups in total. The van der Waals surface area contributed by atoms with Gasteiger partial charge in [-0.2, -0.15) is 0 Å². The Morgan fingerprint density at radius 2 is 2.10 bits per heavy atom. The minimum Gasteiger partial charge on any atom is -0.478 e. The first-order valence-electron chi connectivity index (χ1n) is 6.34. The fourth-order valence-corrected chi connectivity index (χ4v) is 3.94. The van der Waals surface area contributed by atoms with Crippen molar-refractivity contribution in [2.45, 2.75) is 24.8 Å². The van der Waals surface area contributed by atoms with Gasteiger partial charge in [0, 0.05) is 6.61 Å². The quantitative estimate of drug-likeness (QED) is 0.868. The zero-order valence-corrected chi connectivity index (χ0v) is 12.4. The fraction of sp³-hybridized carbons (Fsp3) is 0.385. The number of aromatic carboxylic acids is 1. The molecular weight excluding hydrogens is 298 g/mol. The van der Waals surface area contributed by atoms with Gasteiger partial charge in [0.05, 0.1) is 23.8 Å². The lowest BCUT2D eigenvalue weighted by atomic mass is 10.1. The molecule has 8 heteroatoms. The van der Waals surface area contributed by atoms with Gasteiger partial charge in [-0.1, -0.05) is 0 Å². The van der Waals surface area contributed by atoms with E-state index in [1.165, 1.54) is 12.1 Å². The zero-order valence-electron chi connectivity index (χ0n) is 11.6. The van der Waals surface area contributed by atoms with Crippen molar-refractivity contribution < 1.29 is 27.9 Å². The number of carbonyl (C=O) groups excluding carboxylic acids is 1. The maximum Gasteiger partial charge on any atom is 0.335 e. The first-order valence-corrected chi connectivity index (χ1v) is 7.78. The van der Waals surface area contributed by atoms with Crippen LogP contribution >= 0.6 is 0 Å². The first kappa shape index (κ1) is 15.5. The van der Waals surface area contributed by atoms with Gasteiger partial charge < -0.3 is 9.84 Å². The third kappa shape index (κ3) is 2.52. The van der Waals surface area contributed by atoms with Gasteiger partial charge in [0.25, 0.3) is 15.9 Å². The summed E-state index contributed by atoms with van der Waals surface area (Å²) in [4.78, 5) is 22.9. The molecule has 1 heterocycles. The summed E-state index contributed by atoms with van der Waals surface area (Å²) in [6, 6.07) is 2.79.